The second kappa shape index (κ2) is 2.86. The molecule has 0 aliphatic carbocycles. The van der Waals surface area contributed by atoms with Gasteiger partial charge in [-0.25, -0.2) is 0 Å². The first kappa shape index (κ1) is 9.78. The molecule has 0 saturated carbocycles. The molecule has 0 radical (unpaired) electrons. The number of hydrogen-bond acceptors (Lipinski definition) is 4. The lowest BCUT2D eigenvalue weighted by molar-refractivity contribution is 0.0760. The van der Waals surface area contributed by atoms with Crippen molar-refractivity contribution in [3.63, 3.8) is 0 Å². The van der Waals surface area contributed by atoms with Gasteiger partial charge in [0.1, 0.15) is 0 Å². The standard InChI is InChI=1S/C8H4FNO4S/c9-15(13,14)10-7(11)5-3-1-2-4-6(5)8(10)12/h1-4H. The Morgan fingerprint density at radius 3 is 1.73 bits per heavy atom. The maximum absolute atomic E-state index is 12.6. The van der Waals surface area contributed by atoms with Crippen molar-refractivity contribution >= 4 is 22.2 Å². The van der Waals surface area contributed by atoms with Gasteiger partial charge in [0, 0.05) is 0 Å². The Morgan fingerprint density at radius 1 is 1.00 bits per heavy atom. The molecule has 78 valence electrons. The van der Waals surface area contributed by atoms with Crippen molar-refractivity contribution in [2.75, 3.05) is 0 Å². The van der Waals surface area contributed by atoms with E-state index >= 15 is 0 Å². The summed E-state index contributed by atoms with van der Waals surface area (Å²) in [5.74, 6) is -2.31. The molecule has 1 aliphatic heterocycles. The summed E-state index contributed by atoms with van der Waals surface area (Å²) in [6, 6.07) is 5.44. The molecular weight excluding hydrogens is 225 g/mol. The van der Waals surface area contributed by atoms with Crippen LogP contribution in [0.25, 0.3) is 0 Å². The quantitative estimate of drug-likeness (QED) is 0.519. The van der Waals surface area contributed by atoms with Gasteiger partial charge in [0.15, 0.2) is 0 Å². The second-order valence-electron chi connectivity index (χ2n) is 2.86. The van der Waals surface area contributed by atoms with Crippen LogP contribution in [0.4, 0.5) is 3.89 Å². The van der Waals surface area contributed by atoms with Crippen LogP contribution in [0.5, 0.6) is 0 Å². The van der Waals surface area contributed by atoms with Crippen LogP contribution >= 0.6 is 0 Å². The lowest BCUT2D eigenvalue weighted by atomic mass is 10.1. The van der Waals surface area contributed by atoms with E-state index in [0.29, 0.717) is 0 Å². The molecule has 15 heavy (non-hydrogen) atoms. The summed E-state index contributed by atoms with van der Waals surface area (Å²) in [5, 5.41) is 0. The van der Waals surface area contributed by atoms with Gasteiger partial charge in [-0.3, -0.25) is 9.59 Å². The maximum atomic E-state index is 12.6. The number of benzene rings is 1. The Balaban J connectivity index is 2.66. The number of fused-ring (bicyclic) bond motifs is 1. The van der Waals surface area contributed by atoms with Crippen LogP contribution in [0, 0.1) is 0 Å². The predicted molar refractivity (Wildman–Crippen MR) is 47.0 cm³/mol. The Hall–Kier alpha value is -1.76. The highest BCUT2D eigenvalue weighted by Crippen LogP contribution is 2.25. The van der Waals surface area contributed by atoms with Crippen LogP contribution in [0.1, 0.15) is 20.7 Å². The van der Waals surface area contributed by atoms with Crippen LogP contribution in [0.3, 0.4) is 0 Å². The minimum absolute atomic E-state index is 0.108. The third-order valence-corrected chi connectivity index (χ3v) is 2.74. The minimum Gasteiger partial charge on any atom is -0.267 e. The van der Waals surface area contributed by atoms with Gasteiger partial charge in [0.25, 0.3) is 11.8 Å². The minimum atomic E-state index is -5.33. The van der Waals surface area contributed by atoms with Crippen LogP contribution in [0.15, 0.2) is 24.3 Å². The highest BCUT2D eigenvalue weighted by Gasteiger charge is 2.43. The molecule has 1 aromatic carbocycles. The van der Waals surface area contributed by atoms with E-state index in [0.717, 1.165) is 0 Å². The fraction of sp³-hybridized carbons (Fsp3) is 0. The zero-order valence-electron chi connectivity index (χ0n) is 7.18. The molecule has 0 spiro atoms. The summed E-state index contributed by atoms with van der Waals surface area (Å²) in [6.45, 7) is 0. The molecule has 0 aromatic heterocycles. The molecule has 1 heterocycles. The van der Waals surface area contributed by atoms with Crippen molar-refractivity contribution in [2.24, 2.45) is 0 Å². The second-order valence-corrected chi connectivity index (χ2v) is 4.05. The summed E-state index contributed by atoms with van der Waals surface area (Å²) < 4.78 is 33.3. The first-order chi connectivity index (χ1) is 6.93. The topological polar surface area (TPSA) is 71.5 Å². The normalized spacial score (nSPS) is 15.7. The van der Waals surface area contributed by atoms with Gasteiger partial charge in [0.2, 0.25) is 0 Å². The predicted octanol–water partition coefficient (Wildman–Crippen LogP) is 0.497. The number of halogens is 1. The van der Waals surface area contributed by atoms with E-state index in [1.807, 2.05) is 0 Å². The zero-order chi connectivity index (χ0) is 11.2. The third-order valence-electron chi connectivity index (χ3n) is 1.97. The van der Waals surface area contributed by atoms with Gasteiger partial charge in [-0.1, -0.05) is 16.0 Å². The van der Waals surface area contributed by atoms with Gasteiger partial charge in [-0.15, -0.1) is 4.31 Å². The number of carbonyl (C=O) groups excluding carboxylic acids is 2. The fourth-order valence-electron chi connectivity index (χ4n) is 1.37. The van der Waals surface area contributed by atoms with Crippen molar-refractivity contribution < 1.29 is 21.9 Å². The van der Waals surface area contributed by atoms with E-state index < -0.39 is 22.2 Å². The van der Waals surface area contributed by atoms with Crippen molar-refractivity contribution in [1.82, 2.24) is 4.31 Å². The lowest BCUT2D eigenvalue weighted by Crippen LogP contribution is -2.33. The largest absolute Gasteiger partial charge is 0.409 e. The number of carbonyl (C=O) groups is 2. The van der Waals surface area contributed by atoms with Crippen LogP contribution < -0.4 is 0 Å². The number of amides is 2. The molecule has 2 amide bonds. The highest BCUT2D eigenvalue weighted by atomic mass is 32.3. The molecule has 0 atom stereocenters. The molecule has 7 heteroatoms. The van der Waals surface area contributed by atoms with Crippen LogP contribution in [0.2, 0.25) is 0 Å². The Labute approximate surface area is 84.5 Å². The molecule has 2 rings (SSSR count). The SMILES string of the molecule is O=C1c2ccccc2C(=O)N1S(=O)(=O)F. The maximum Gasteiger partial charge on any atom is 0.409 e. The van der Waals surface area contributed by atoms with E-state index in [-0.39, 0.29) is 15.4 Å². The molecule has 1 aliphatic rings. The van der Waals surface area contributed by atoms with E-state index in [2.05, 4.69) is 0 Å². The molecule has 1 aromatic rings. The molecule has 0 unspecified atom stereocenters. The Morgan fingerprint density at radius 2 is 1.40 bits per heavy atom. The molecule has 5 nitrogen and oxygen atoms in total. The number of rotatable bonds is 1. The molecular formula is C8H4FNO4S. The van der Waals surface area contributed by atoms with Gasteiger partial charge >= 0.3 is 10.4 Å². The van der Waals surface area contributed by atoms with Crippen molar-refractivity contribution in [2.45, 2.75) is 0 Å². The monoisotopic (exact) mass is 229 g/mol. The number of imide groups is 1. The summed E-state index contributed by atoms with van der Waals surface area (Å²) in [4.78, 5) is 22.7. The van der Waals surface area contributed by atoms with Crippen LogP contribution in [-0.4, -0.2) is 24.5 Å². The molecule has 0 fully saturated rings. The van der Waals surface area contributed by atoms with Crippen molar-refractivity contribution in [1.29, 1.82) is 0 Å². The number of nitrogens with zero attached hydrogens (tertiary/aromatic N) is 1. The summed E-state index contributed by atoms with van der Waals surface area (Å²) >= 11 is 0. The third kappa shape index (κ3) is 1.32. The fourth-order valence-corrected chi connectivity index (χ4v) is 1.96. The number of hydrogen-bond donors (Lipinski definition) is 0. The zero-order valence-corrected chi connectivity index (χ0v) is 7.99. The first-order valence-electron chi connectivity index (χ1n) is 3.85. The Kier molecular flexibility index (Phi) is 1.87. The van der Waals surface area contributed by atoms with E-state index in [1.165, 1.54) is 24.3 Å². The summed E-state index contributed by atoms with van der Waals surface area (Å²) in [6.07, 6.45) is 0. The van der Waals surface area contributed by atoms with Gasteiger partial charge in [-0.2, -0.15) is 8.42 Å². The van der Waals surface area contributed by atoms with Gasteiger partial charge in [0.05, 0.1) is 11.1 Å². The molecule has 0 bridgehead atoms. The van der Waals surface area contributed by atoms with E-state index in [1.54, 1.807) is 0 Å². The molecule has 0 saturated heterocycles. The smallest absolute Gasteiger partial charge is 0.267 e. The van der Waals surface area contributed by atoms with Crippen molar-refractivity contribution in [3.05, 3.63) is 35.4 Å². The van der Waals surface area contributed by atoms with E-state index in [9.17, 15) is 21.9 Å². The summed E-state index contributed by atoms with van der Waals surface area (Å²) in [7, 11) is -5.33. The average Bonchev–Trinajstić information content (AvgIpc) is 2.39. The summed E-state index contributed by atoms with van der Waals surface area (Å²) in [5.41, 5.74) is -0.215. The average molecular weight is 229 g/mol. The Bertz CT molecular complexity index is 531. The van der Waals surface area contributed by atoms with Gasteiger partial charge in [-0.05, 0) is 12.1 Å². The first-order valence-corrected chi connectivity index (χ1v) is 5.19. The van der Waals surface area contributed by atoms with Crippen LogP contribution in [-0.2, 0) is 10.4 Å². The lowest BCUT2D eigenvalue weighted by Gasteiger charge is -2.05. The van der Waals surface area contributed by atoms with E-state index in [4.69, 9.17) is 0 Å². The highest BCUT2D eigenvalue weighted by molar-refractivity contribution is 7.85. The van der Waals surface area contributed by atoms with Crippen molar-refractivity contribution in [3.8, 4) is 0 Å². The van der Waals surface area contributed by atoms with Gasteiger partial charge < -0.3 is 0 Å². The molecule has 0 N–H and O–H groups in total.